The Morgan fingerprint density at radius 1 is 0.833 bits per heavy atom. The summed E-state index contributed by atoms with van der Waals surface area (Å²) in [5.74, 6) is -2.15. The summed E-state index contributed by atoms with van der Waals surface area (Å²) in [4.78, 5) is 37.8. The zero-order valence-electron chi connectivity index (χ0n) is 29.5. The summed E-state index contributed by atoms with van der Waals surface area (Å²) in [7, 11) is 1.41. The van der Waals surface area contributed by atoms with Crippen LogP contribution in [-0.4, -0.2) is 87.4 Å². The summed E-state index contributed by atoms with van der Waals surface area (Å²) in [5.41, 5.74) is -1.19. The van der Waals surface area contributed by atoms with Gasteiger partial charge >= 0.3 is 17.9 Å². The molecule has 4 saturated carbocycles. The van der Waals surface area contributed by atoms with Gasteiger partial charge in [-0.1, -0.05) is 46.3 Å². The first-order valence-corrected chi connectivity index (χ1v) is 17.8. The molecule has 11 nitrogen and oxygen atoms in total. The van der Waals surface area contributed by atoms with E-state index in [1.54, 1.807) is 0 Å². The van der Waals surface area contributed by atoms with Crippen LogP contribution in [-0.2, 0) is 28.6 Å². The van der Waals surface area contributed by atoms with E-state index in [0.717, 1.165) is 32.1 Å². The van der Waals surface area contributed by atoms with Gasteiger partial charge in [0.2, 0.25) is 0 Å². The lowest BCUT2D eigenvalue weighted by atomic mass is 9.33. The third kappa shape index (κ3) is 4.73. The van der Waals surface area contributed by atoms with Gasteiger partial charge < -0.3 is 39.7 Å². The smallest absolute Gasteiger partial charge is 0.335 e. The van der Waals surface area contributed by atoms with Crippen molar-refractivity contribution >= 4 is 17.9 Å². The summed E-state index contributed by atoms with van der Waals surface area (Å²) in [5, 5.41) is 51.5. The van der Waals surface area contributed by atoms with Gasteiger partial charge in [0.1, 0.15) is 18.3 Å². The second kappa shape index (κ2) is 11.5. The third-order valence-corrected chi connectivity index (χ3v) is 15.6. The van der Waals surface area contributed by atoms with Crippen molar-refractivity contribution in [3.8, 4) is 0 Å². The first-order valence-electron chi connectivity index (χ1n) is 17.8. The molecule has 0 unspecified atom stereocenters. The molecule has 0 spiro atoms. The second-order valence-corrected chi connectivity index (χ2v) is 17.8. The second-order valence-electron chi connectivity index (χ2n) is 17.8. The Kier molecular flexibility index (Phi) is 8.56. The topological polar surface area (TPSA) is 180 Å². The van der Waals surface area contributed by atoms with E-state index in [1.165, 1.54) is 12.7 Å². The SMILES string of the molecule is COC(=O)[C@@]1(C)CC[C@]2(C(=O)O)CC[C@]3(C)C(=CC[C@@H]4[C@@]5(C)CC[C@H](O[C@@H]6O[C@H](C(=O)O)[C@@H](O)[C@H](O)[C@H]6O)C(C)(C)[C@@H]5CC[C@]43C)[C@@H]2C1. The number of rotatable bonds is 5. The number of aliphatic hydroxyl groups excluding tert-OH is 3. The Balaban J connectivity index is 1.30. The average molecular weight is 677 g/mol. The zero-order valence-corrected chi connectivity index (χ0v) is 29.5. The van der Waals surface area contributed by atoms with E-state index in [2.05, 4.69) is 40.7 Å². The van der Waals surface area contributed by atoms with Gasteiger partial charge in [-0.15, -0.1) is 0 Å². The molecule has 14 atom stereocenters. The largest absolute Gasteiger partial charge is 0.481 e. The van der Waals surface area contributed by atoms with Crippen LogP contribution in [0.4, 0.5) is 0 Å². The number of carbonyl (C=O) groups excluding carboxylic acids is 1. The minimum absolute atomic E-state index is 0.0822. The van der Waals surface area contributed by atoms with Crippen LogP contribution in [0, 0.1) is 50.2 Å². The highest BCUT2D eigenvalue weighted by molar-refractivity contribution is 5.80. The van der Waals surface area contributed by atoms with Gasteiger partial charge in [-0.3, -0.25) is 9.59 Å². The number of hydrogen-bond donors (Lipinski definition) is 5. The van der Waals surface area contributed by atoms with Crippen molar-refractivity contribution in [3.63, 3.8) is 0 Å². The fourth-order valence-electron chi connectivity index (χ4n) is 12.4. The van der Waals surface area contributed by atoms with E-state index >= 15 is 0 Å². The molecule has 6 aliphatic rings. The van der Waals surface area contributed by atoms with Crippen LogP contribution in [0.15, 0.2) is 11.6 Å². The normalized spacial score (nSPS) is 51.2. The third-order valence-electron chi connectivity index (χ3n) is 15.6. The molecule has 48 heavy (non-hydrogen) atoms. The Morgan fingerprint density at radius 2 is 1.50 bits per heavy atom. The Labute approximate surface area is 283 Å². The molecule has 0 amide bonds. The lowest BCUT2D eigenvalue weighted by Crippen LogP contribution is -2.66. The highest BCUT2D eigenvalue weighted by Gasteiger charge is 2.70. The molecule has 5 aliphatic carbocycles. The summed E-state index contributed by atoms with van der Waals surface area (Å²) in [6.45, 7) is 13.4. The highest BCUT2D eigenvalue weighted by atomic mass is 16.7. The predicted octanol–water partition coefficient (Wildman–Crippen LogP) is 4.30. The predicted molar refractivity (Wildman–Crippen MR) is 172 cm³/mol. The molecular formula is C37H56O11. The molecule has 0 radical (unpaired) electrons. The van der Waals surface area contributed by atoms with Crippen LogP contribution < -0.4 is 0 Å². The van der Waals surface area contributed by atoms with E-state index in [1.807, 2.05) is 6.92 Å². The summed E-state index contributed by atoms with van der Waals surface area (Å²) in [6, 6.07) is 0. The van der Waals surface area contributed by atoms with Crippen molar-refractivity contribution in [1.29, 1.82) is 0 Å². The number of aliphatic hydroxyl groups is 3. The number of hydrogen-bond acceptors (Lipinski definition) is 9. The zero-order chi connectivity index (χ0) is 35.4. The van der Waals surface area contributed by atoms with Gasteiger partial charge in [0.15, 0.2) is 12.4 Å². The fourth-order valence-corrected chi connectivity index (χ4v) is 12.4. The van der Waals surface area contributed by atoms with Crippen molar-refractivity contribution in [2.24, 2.45) is 50.2 Å². The standard InChI is InChI=1S/C37H56O11/c1-32(2)21-10-13-36(6)22(34(21,4)12-11-23(32)47-29-26(40)24(38)25(39)27(48-29)28(41)42)9-8-19-20-18-33(3,31(45)46-7)14-16-37(20,30(43)44)17-15-35(19,36)5/h8,20-27,29,38-40H,9-18H2,1-7H3,(H,41,42)(H,43,44)/t20-,21-,22+,23-,24-,25-,26+,27-,29+,33-,34-,35+,36+,37-/m0/s1. The molecule has 1 heterocycles. The minimum atomic E-state index is -1.77. The van der Waals surface area contributed by atoms with E-state index < -0.39 is 58.9 Å². The van der Waals surface area contributed by atoms with Crippen molar-refractivity contribution < 1.29 is 54.1 Å². The van der Waals surface area contributed by atoms with Crippen molar-refractivity contribution in [3.05, 3.63) is 11.6 Å². The van der Waals surface area contributed by atoms with Gasteiger partial charge in [0.25, 0.3) is 0 Å². The quantitative estimate of drug-likeness (QED) is 0.159. The van der Waals surface area contributed by atoms with Gasteiger partial charge in [-0.25, -0.2) is 4.79 Å². The highest BCUT2D eigenvalue weighted by Crippen LogP contribution is 2.76. The van der Waals surface area contributed by atoms with E-state index in [9.17, 15) is 39.9 Å². The number of aliphatic carboxylic acids is 2. The number of esters is 1. The molecule has 5 fully saturated rings. The fraction of sp³-hybridized carbons (Fsp3) is 0.865. The number of allylic oxidation sites excluding steroid dienone is 2. The lowest BCUT2D eigenvalue weighted by Gasteiger charge is -2.71. The monoisotopic (exact) mass is 676 g/mol. The van der Waals surface area contributed by atoms with Crippen LogP contribution >= 0.6 is 0 Å². The Hall–Kier alpha value is -2.05. The van der Waals surface area contributed by atoms with Crippen LogP contribution in [0.3, 0.4) is 0 Å². The molecule has 11 heteroatoms. The van der Waals surface area contributed by atoms with Gasteiger partial charge in [-0.05, 0) is 111 Å². The van der Waals surface area contributed by atoms with E-state index in [-0.39, 0.29) is 40.2 Å². The Bertz CT molecular complexity index is 1380. The number of carboxylic acids is 2. The first kappa shape index (κ1) is 35.8. The first-order chi connectivity index (χ1) is 22.2. The van der Waals surface area contributed by atoms with Crippen LogP contribution in [0.5, 0.6) is 0 Å². The maximum Gasteiger partial charge on any atom is 0.335 e. The molecule has 0 aromatic rings. The summed E-state index contributed by atoms with van der Waals surface area (Å²) in [6.07, 6.45) is 0.758. The molecule has 0 aromatic carbocycles. The number of ether oxygens (including phenoxy) is 3. The number of fused-ring (bicyclic) bond motifs is 7. The Morgan fingerprint density at radius 3 is 2.12 bits per heavy atom. The van der Waals surface area contributed by atoms with E-state index in [0.29, 0.717) is 38.0 Å². The van der Waals surface area contributed by atoms with Gasteiger partial charge in [0, 0.05) is 0 Å². The molecule has 6 rings (SSSR count). The van der Waals surface area contributed by atoms with Crippen LogP contribution in [0.1, 0.15) is 106 Å². The molecule has 5 N–H and O–H groups in total. The molecule has 0 bridgehead atoms. The maximum absolute atomic E-state index is 13.1. The summed E-state index contributed by atoms with van der Waals surface area (Å²) >= 11 is 0. The lowest BCUT2D eigenvalue weighted by molar-refractivity contribution is -0.324. The molecule has 1 saturated heterocycles. The minimum Gasteiger partial charge on any atom is -0.481 e. The maximum atomic E-state index is 13.1. The van der Waals surface area contributed by atoms with E-state index in [4.69, 9.17) is 14.2 Å². The molecular weight excluding hydrogens is 620 g/mol. The summed E-state index contributed by atoms with van der Waals surface area (Å²) < 4.78 is 17.1. The number of carbonyl (C=O) groups is 3. The average Bonchev–Trinajstić information content (AvgIpc) is 3.02. The van der Waals surface area contributed by atoms with Crippen molar-refractivity contribution in [1.82, 2.24) is 0 Å². The molecule has 270 valence electrons. The van der Waals surface area contributed by atoms with Gasteiger partial charge in [0.05, 0.1) is 24.0 Å². The van der Waals surface area contributed by atoms with Gasteiger partial charge in [-0.2, -0.15) is 0 Å². The van der Waals surface area contributed by atoms with Crippen molar-refractivity contribution in [2.75, 3.05) is 7.11 Å². The molecule has 1 aliphatic heterocycles. The number of methoxy groups -OCH3 is 1. The van der Waals surface area contributed by atoms with Crippen LogP contribution in [0.2, 0.25) is 0 Å². The molecule has 0 aromatic heterocycles. The van der Waals surface area contributed by atoms with Crippen LogP contribution in [0.25, 0.3) is 0 Å². The number of carboxylic acid groups (broad SMARTS) is 2. The van der Waals surface area contributed by atoms with Crippen molar-refractivity contribution in [2.45, 2.75) is 143 Å².